The number of hydrogen-bond donors (Lipinski definition) is 1. The lowest BCUT2D eigenvalue weighted by atomic mass is 10.1. The van der Waals surface area contributed by atoms with E-state index in [0.29, 0.717) is 13.1 Å². The minimum atomic E-state index is -3.52. The molecule has 0 saturated carbocycles. The smallest absolute Gasteiger partial charge is 0.197 e. The summed E-state index contributed by atoms with van der Waals surface area (Å²) in [5, 5.41) is 8.79. The molecule has 6 heteroatoms. The van der Waals surface area contributed by atoms with Gasteiger partial charge in [0.05, 0.1) is 6.07 Å². The Kier molecular flexibility index (Phi) is 5.80. The van der Waals surface area contributed by atoms with Crippen molar-refractivity contribution in [2.24, 2.45) is 5.92 Å². The van der Waals surface area contributed by atoms with E-state index in [-0.39, 0.29) is 5.92 Å². The first-order chi connectivity index (χ1) is 6.88. The minimum Gasteiger partial charge on any atom is -0.197 e. The maximum atomic E-state index is 11.7. The molecule has 0 fully saturated rings. The van der Waals surface area contributed by atoms with Gasteiger partial charge in [-0.25, -0.2) is 0 Å². The highest BCUT2D eigenvalue weighted by Crippen LogP contribution is 2.05. The third-order valence-electron chi connectivity index (χ3n) is 2.13. The monoisotopic (exact) mass is 233 g/mol. The van der Waals surface area contributed by atoms with Gasteiger partial charge in [-0.15, -0.1) is 0 Å². The molecule has 1 atom stereocenters. The molecule has 88 valence electrons. The topological polar surface area (TPSA) is 73.2 Å². The Morgan fingerprint density at radius 3 is 2.07 bits per heavy atom. The Hall–Kier alpha value is -0.640. The number of nitriles is 1. The average molecular weight is 233 g/mol. The molecule has 0 radical (unpaired) electrons. The van der Waals surface area contributed by atoms with Gasteiger partial charge in [0.25, 0.3) is 10.2 Å². The Morgan fingerprint density at radius 2 is 1.80 bits per heavy atom. The number of nitrogens with one attached hydrogen (secondary N) is 1. The molecule has 0 spiro atoms. The lowest BCUT2D eigenvalue weighted by Gasteiger charge is -2.22. The molecule has 0 saturated heterocycles. The first-order valence-corrected chi connectivity index (χ1v) is 6.50. The molecule has 0 aromatic rings. The molecule has 1 unspecified atom stereocenters. The number of nitrogens with zero attached hydrogens (tertiary/aromatic N) is 2. The molecular formula is C9H19N3O2S. The van der Waals surface area contributed by atoms with Crippen LogP contribution in [-0.4, -0.2) is 31.9 Å². The highest BCUT2D eigenvalue weighted by atomic mass is 32.2. The molecule has 1 N–H and O–H groups in total. The maximum Gasteiger partial charge on any atom is 0.280 e. The number of hydrogen-bond acceptors (Lipinski definition) is 3. The van der Waals surface area contributed by atoms with E-state index in [1.165, 1.54) is 4.31 Å². The lowest BCUT2D eigenvalue weighted by Crippen LogP contribution is -2.46. The van der Waals surface area contributed by atoms with Crippen LogP contribution in [0.25, 0.3) is 0 Å². The fraction of sp³-hybridized carbons (Fsp3) is 0.889. The number of rotatable bonds is 6. The van der Waals surface area contributed by atoms with Crippen molar-refractivity contribution >= 4 is 10.2 Å². The molecule has 0 bridgehead atoms. The first kappa shape index (κ1) is 14.4. The van der Waals surface area contributed by atoms with Gasteiger partial charge in [-0.1, -0.05) is 27.7 Å². The molecule has 15 heavy (non-hydrogen) atoms. The van der Waals surface area contributed by atoms with Crippen LogP contribution >= 0.6 is 0 Å². The Bertz CT molecular complexity index is 315. The summed E-state index contributed by atoms with van der Waals surface area (Å²) in [6.07, 6.45) is 0. The summed E-state index contributed by atoms with van der Waals surface area (Å²) in [5.74, 6) is -0.0414. The van der Waals surface area contributed by atoms with Gasteiger partial charge in [0.1, 0.15) is 6.04 Å². The summed E-state index contributed by atoms with van der Waals surface area (Å²) in [4.78, 5) is 0. The highest BCUT2D eigenvalue weighted by molar-refractivity contribution is 7.87. The molecule has 0 rings (SSSR count). The van der Waals surface area contributed by atoms with Crippen molar-refractivity contribution in [2.75, 3.05) is 13.1 Å². The normalized spacial score (nSPS) is 14.2. The van der Waals surface area contributed by atoms with E-state index in [9.17, 15) is 8.42 Å². The quantitative estimate of drug-likeness (QED) is 0.734. The largest absolute Gasteiger partial charge is 0.280 e. The van der Waals surface area contributed by atoms with Crippen molar-refractivity contribution in [3.8, 4) is 6.07 Å². The van der Waals surface area contributed by atoms with Crippen LogP contribution < -0.4 is 4.72 Å². The van der Waals surface area contributed by atoms with Crippen LogP contribution in [0.5, 0.6) is 0 Å². The van der Waals surface area contributed by atoms with Crippen LogP contribution in [0.1, 0.15) is 27.7 Å². The van der Waals surface area contributed by atoms with Crippen molar-refractivity contribution in [1.29, 1.82) is 5.26 Å². The van der Waals surface area contributed by atoms with E-state index in [4.69, 9.17) is 5.26 Å². The summed E-state index contributed by atoms with van der Waals surface area (Å²) in [7, 11) is -3.52. The third kappa shape index (κ3) is 4.16. The summed E-state index contributed by atoms with van der Waals surface area (Å²) in [6, 6.07) is 1.27. The molecule has 0 aromatic heterocycles. The predicted molar refractivity (Wildman–Crippen MR) is 59.2 cm³/mol. The van der Waals surface area contributed by atoms with Gasteiger partial charge in [0, 0.05) is 13.1 Å². The van der Waals surface area contributed by atoms with E-state index in [2.05, 4.69) is 4.72 Å². The van der Waals surface area contributed by atoms with Crippen LogP contribution in [0, 0.1) is 17.2 Å². The minimum absolute atomic E-state index is 0.0414. The van der Waals surface area contributed by atoms with Crippen molar-refractivity contribution in [3.05, 3.63) is 0 Å². The van der Waals surface area contributed by atoms with Crippen molar-refractivity contribution < 1.29 is 8.42 Å². The zero-order valence-electron chi connectivity index (χ0n) is 9.69. The van der Waals surface area contributed by atoms with E-state index < -0.39 is 16.3 Å². The van der Waals surface area contributed by atoms with E-state index in [1.807, 2.05) is 6.07 Å². The van der Waals surface area contributed by atoms with Crippen LogP contribution in [-0.2, 0) is 10.2 Å². The van der Waals surface area contributed by atoms with E-state index in [0.717, 1.165) is 0 Å². The maximum absolute atomic E-state index is 11.7. The second-order valence-electron chi connectivity index (χ2n) is 3.56. The Balaban J connectivity index is 4.71. The average Bonchev–Trinajstić information content (AvgIpc) is 2.15. The fourth-order valence-corrected chi connectivity index (χ4v) is 2.58. The first-order valence-electron chi connectivity index (χ1n) is 5.06. The van der Waals surface area contributed by atoms with Crippen molar-refractivity contribution in [3.63, 3.8) is 0 Å². The van der Waals surface area contributed by atoms with Gasteiger partial charge in [-0.05, 0) is 5.92 Å². The Labute approximate surface area is 92.3 Å². The summed E-state index contributed by atoms with van der Waals surface area (Å²) in [6.45, 7) is 7.94. The van der Waals surface area contributed by atoms with Gasteiger partial charge in [0.15, 0.2) is 0 Å². The zero-order valence-corrected chi connectivity index (χ0v) is 10.5. The van der Waals surface area contributed by atoms with E-state index >= 15 is 0 Å². The summed E-state index contributed by atoms with van der Waals surface area (Å²) in [5.41, 5.74) is 0. The summed E-state index contributed by atoms with van der Waals surface area (Å²) < 4.78 is 27.1. The van der Waals surface area contributed by atoms with Gasteiger partial charge in [0.2, 0.25) is 0 Å². The van der Waals surface area contributed by atoms with Crippen LogP contribution in [0.15, 0.2) is 0 Å². The van der Waals surface area contributed by atoms with E-state index in [1.54, 1.807) is 27.7 Å². The second-order valence-corrected chi connectivity index (χ2v) is 5.26. The molecule has 5 nitrogen and oxygen atoms in total. The molecule has 0 aliphatic heterocycles. The van der Waals surface area contributed by atoms with Gasteiger partial charge in [-0.2, -0.15) is 22.7 Å². The van der Waals surface area contributed by atoms with Gasteiger partial charge in [-0.3, -0.25) is 0 Å². The van der Waals surface area contributed by atoms with Gasteiger partial charge >= 0.3 is 0 Å². The standard InChI is InChI=1S/C9H19N3O2S/c1-5-12(6-2)15(13,14)11-9(7-10)8(3)4/h8-9,11H,5-6H2,1-4H3. The second kappa shape index (κ2) is 6.05. The highest BCUT2D eigenvalue weighted by Gasteiger charge is 2.24. The predicted octanol–water partition coefficient (Wildman–Crippen LogP) is 0.711. The molecule has 0 amide bonds. The molecule has 0 aliphatic carbocycles. The van der Waals surface area contributed by atoms with Crippen molar-refractivity contribution in [2.45, 2.75) is 33.7 Å². The van der Waals surface area contributed by atoms with Crippen LogP contribution in [0.3, 0.4) is 0 Å². The molecular weight excluding hydrogens is 214 g/mol. The fourth-order valence-electron chi connectivity index (χ4n) is 1.11. The molecule has 0 heterocycles. The van der Waals surface area contributed by atoms with Crippen LogP contribution in [0.4, 0.5) is 0 Å². The molecule has 0 aromatic carbocycles. The van der Waals surface area contributed by atoms with Crippen molar-refractivity contribution in [1.82, 2.24) is 9.03 Å². The lowest BCUT2D eigenvalue weighted by molar-refractivity contribution is 0.420. The zero-order chi connectivity index (χ0) is 12.1. The Morgan fingerprint density at radius 1 is 1.33 bits per heavy atom. The SMILES string of the molecule is CCN(CC)S(=O)(=O)NC(C#N)C(C)C. The summed E-state index contributed by atoms with van der Waals surface area (Å²) >= 11 is 0. The third-order valence-corrected chi connectivity index (χ3v) is 3.88. The molecule has 0 aliphatic rings. The van der Waals surface area contributed by atoms with Crippen LogP contribution in [0.2, 0.25) is 0 Å². The van der Waals surface area contributed by atoms with Gasteiger partial charge < -0.3 is 0 Å².